The molecule has 1 aliphatic rings. The topological polar surface area (TPSA) is 31.6 Å². The lowest BCUT2D eigenvalue weighted by Gasteiger charge is -2.22. The first-order valence-electron chi connectivity index (χ1n) is 4.71. The third kappa shape index (κ3) is 2.57. The highest BCUT2D eigenvalue weighted by Crippen LogP contribution is 2.15. The van der Waals surface area contributed by atoms with Crippen molar-refractivity contribution < 1.29 is 13.9 Å². The highest BCUT2D eigenvalue weighted by molar-refractivity contribution is 4.96. The fourth-order valence-corrected chi connectivity index (χ4v) is 1.41. The van der Waals surface area contributed by atoms with Crippen molar-refractivity contribution in [3.8, 4) is 0 Å². The molecule has 0 saturated carbocycles. The normalized spacial score (nSPS) is 23.2. The molecule has 1 aliphatic heterocycles. The molecular formula is C10H14O3. The Labute approximate surface area is 77.6 Å². The van der Waals surface area contributed by atoms with Crippen LogP contribution in [0.1, 0.15) is 25.0 Å². The van der Waals surface area contributed by atoms with Crippen LogP contribution in [-0.4, -0.2) is 12.9 Å². The molecule has 72 valence electrons. The first kappa shape index (κ1) is 8.78. The molecule has 2 rings (SSSR count). The number of furan rings is 1. The summed E-state index contributed by atoms with van der Waals surface area (Å²) in [5.41, 5.74) is 0. The van der Waals surface area contributed by atoms with E-state index < -0.39 is 0 Å². The summed E-state index contributed by atoms with van der Waals surface area (Å²) in [6.07, 6.45) is 4.98. The number of ether oxygens (including phenoxy) is 2. The monoisotopic (exact) mass is 182 g/mol. The van der Waals surface area contributed by atoms with Crippen LogP contribution in [0, 0.1) is 0 Å². The van der Waals surface area contributed by atoms with Crippen molar-refractivity contribution in [1.29, 1.82) is 0 Å². The predicted molar refractivity (Wildman–Crippen MR) is 47.1 cm³/mol. The van der Waals surface area contributed by atoms with E-state index in [4.69, 9.17) is 13.9 Å². The summed E-state index contributed by atoms with van der Waals surface area (Å²) in [4.78, 5) is 0. The van der Waals surface area contributed by atoms with Crippen LogP contribution >= 0.6 is 0 Å². The minimum absolute atomic E-state index is 0.0288. The van der Waals surface area contributed by atoms with Gasteiger partial charge in [0.25, 0.3) is 0 Å². The van der Waals surface area contributed by atoms with Gasteiger partial charge in [-0.3, -0.25) is 0 Å². The van der Waals surface area contributed by atoms with Gasteiger partial charge in [-0.1, -0.05) is 0 Å². The van der Waals surface area contributed by atoms with Crippen molar-refractivity contribution in [2.45, 2.75) is 32.2 Å². The van der Waals surface area contributed by atoms with Crippen LogP contribution in [0.5, 0.6) is 0 Å². The fourth-order valence-electron chi connectivity index (χ4n) is 1.41. The molecule has 0 unspecified atom stereocenters. The van der Waals surface area contributed by atoms with E-state index in [-0.39, 0.29) is 6.29 Å². The van der Waals surface area contributed by atoms with Crippen LogP contribution in [0.3, 0.4) is 0 Å². The first-order chi connectivity index (χ1) is 6.45. The van der Waals surface area contributed by atoms with Crippen molar-refractivity contribution >= 4 is 0 Å². The Balaban J connectivity index is 1.72. The maximum atomic E-state index is 5.51. The van der Waals surface area contributed by atoms with E-state index in [1.54, 1.807) is 6.26 Å². The molecule has 2 heterocycles. The lowest BCUT2D eigenvalue weighted by atomic mass is 10.2. The van der Waals surface area contributed by atoms with E-state index in [9.17, 15) is 0 Å². The first-order valence-corrected chi connectivity index (χ1v) is 4.71. The van der Waals surface area contributed by atoms with Crippen molar-refractivity contribution in [1.82, 2.24) is 0 Å². The maximum absolute atomic E-state index is 5.51. The highest BCUT2D eigenvalue weighted by Gasteiger charge is 2.14. The summed E-state index contributed by atoms with van der Waals surface area (Å²) < 4.78 is 16.1. The van der Waals surface area contributed by atoms with E-state index >= 15 is 0 Å². The average molecular weight is 182 g/mol. The Morgan fingerprint density at radius 1 is 1.46 bits per heavy atom. The third-order valence-corrected chi connectivity index (χ3v) is 2.13. The van der Waals surface area contributed by atoms with Crippen LogP contribution in [-0.2, 0) is 16.1 Å². The summed E-state index contributed by atoms with van der Waals surface area (Å²) in [6, 6.07) is 3.77. The lowest BCUT2D eigenvalue weighted by Crippen LogP contribution is -2.21. The summed E-state index contributed by atoms with van der Waals surface area (Å²) in [5.74, 6) is 0.856. The Kier molecular flexibility index (Phi) is 3.00. The molecule has 3 heteroatoms. The molecule has 1 aromatic heterocycles. The Hall–Kier alpha value is -0.800. The standard InChI is InChI=1S/C10H14O3/c1-2-6-12-10(5-1)13-8-9-4-3-7-11-9/h3-4,7,10H,1-2,5-6,8H2/t10-/m0/s1. The maximum Gasteiger partial charge on any atom is 0.158 e. The van der Waals surface area contributed by atoms with Gasteiger partial charge in [0.2, 0.25) is 0 Å². The largest absolute Gasteiger partial charge is 0.467 e. The summed E-state index contributed by atoms with van der Waals surface area (Å²) >= 11 is 0. The zero-order chi connectivity index (χ0) is 8.93. The lowest BCUT2D eigenvalue weighted by molar-refractivity contribution is -0.171. The molecule has 0 aliphatic carbocycles. The molecule has 1 aromatic rings. The van der Waals surface area contributed by atoms with Gasteiger partial charge in [0.1, 0.15) is 12.4 Å². The molecule has 13 heavy (non-hydrogen) atoms. The average Bonchev–Trinajstić information content (AvgIpc) is 2.69. The quantitative estimate of drug-likeness (QED) is 0.719. The van der Waals surface area contributed by atoms with Crippen molar-refractivity contribution in [3.05, 3.63) is 24.2 Å². The summed E-state index contributed by atoms with van der Waals surface area (Å²) in [5, 5.41) is 0. The van der Waals surface area contributed by atoms with Gasteiger partial charge >= 0.3 is 0 Å². The van der Waals surface area contributed by atoms with Gasteiger partial charge < -0.3 is 13.9 Å². The van der Waals surface area contributed by atoms with Gasteiger partial charge in [0.15, 0.2) is 6.29 Å². The molecule has 0 amide bonds. The van der Waals surface area contributed by atoms with E-state index in [1.807, 2.05) is 12.1 Å². The molecular weight excluding hydrogens is 168 g/mol. The van der Waals surface area contributed by atoms with Crippen LogP contribution in [0.15, 0.2) is 22.8 Å². The van der Waals surface area contributed by atoms with Gasteiger partial charge in [0.05, 0.1) is 6.26 Å². The van der Waals surface area contributed by atoms with E-state index in [1.165, 1.54) is 6.42 Å². The number of rotatable bonds is 3. The molecule has 0 aromatic carbocycles. The zero-order valence-corrected chi connectivity index (χ0v) is 7.57. The van der Waals surface area contributed by atoms with Crippen molar-refractivity contribution in [2.24, 2.45) is 0 Å². The van der Waals surface area contributed by atoms with Crippen LogP contribution in [0.25, 0.3) is 0 Å². The SMILES string of the molecule is c1coc(CO[C@H]2CCCCO2)c1. The van der Waals surface area contributed by atoms with Crippen LogP contribution in [0.2, 0.25) is 0 Å². The highest BCUT2D eigenvalue weighted by atomic mass is 16.7. The molecule has 3 nitrogen and oxygen atoms in total. The van der Waals surface area contributed by atoms with Crippen molar-refractivity contribution in [3.63, 3.8) is 0 Å². The molecule has 0 radical (unpaired) electrons. The molecule has 1 saturated heterocycles. The predicted octanol–water partition coefficient (Wildman–Crippen LogP) is 2.32. The smallest absolute Gasteiger partial charge is 0.158 e. The van der Waals surface area contributed by atoms with Gasteiger partial charge in [-0.25, -0.2) is 0 Å². The van der Waals surface area contributed by atoms with E-state index in [2.05, 4.69) is 0 Å². The molecule has 0 bridgehead atoms. The Morgan fingerprint density at radius 3 is 3.15 bits per heavy atom. The van der Waals surface area contributed by atoms with Gasteiger partial charge in [-0.15, -0.1) is 0 Å². The second-order valence-corrected chi connectivity index (χ2v) is 3.19. The Morgan fingerprint density at radius 2 is 2.46 bits per heavy atom. The van der Waals surface area contributed by atoms with Crippen molar-refractivity contribution in [2.75, 3.05) is 6.61 Å². The second kappa shape index (κ2) is 4.44. The van der Waals surface area contributed by atoms with E-state index in [0.717, 1.165) is 25.2 Å². The molecule has 1 fully saturated rings. The molecule has 1 atom stereocenters. The summed E-state index contributed by atoms with van der Waals surface area (Å²) in [7, 11) is 0. The van der Waals surface area contributed by atoms with Gasteiger partial charge in [-0.05, 0) is 31.4 Å². The van der Waals surface area contributed by atoms with Gasteiger partial charge in [0, 0.05) is 6.61 Å². The summed E-state index contributed by atoms with van der Waals surface area (Å²) in [6.45, 7) is 1.33. The Bertz CT molecular complexity index is 224. The fraction of sp³-hybridized carbons (Fsp3) is 0.600. The molecule has 0 N–H and O–H groups in total. The minimum Gasteiger partial charge on any atom is -0.467 e. The zero-order valence-electron chi connectivity index (χ0n) is 7.57. The molecule has 0 spiro atoms. The van der Waals surface area contributed by atoms with Crippen LogP contribution < -0.4 is 0 Å². The number of hydrogen-bond donors (Lipinski definition) is 0. The third-order valence-electron chi connectivity index (χ3n) is 2.13. The van der Waals surface area contributed by atoms with Crippen LogP contribution in [0.4, 0.5) is 0 Å². The minimum atomic E-state index is -0.0288. The van der Waals surface area contributed by atoms with Gasteiger partial charge in [-0.2, -0.15) is 0 Å². The second-order valence-electron chi connectivity index (χ2n) is 3.19. The number of hydrogen-bond acceptors (Lipinski definition) is 3. The van der Waals surface area contributed by atoms with E-state index in [0.29, 0.717) is 6.61 Å².